The Kier molecular flexibility index (Phi) is 4.70. The number of fused-ring (bicyclic) bond motifs is 3. The highest BCUT2D eigenvalue weighted by molar-refractivity contribution is 9.10. The summed E-state index contributed by atoms with van der Waals surface area (Å²) >= 11 is 5.26. The van der Waals surface area contributed by atoms with E-state index in [2.05, 4.69) is 87.5 Å². The van der Waals surface area contributed by atoms with Crippen molar-refractivity contribution >= 4 is 33.6 Å². The Morgan fingerprint density at radius 1 is 1.21 bits per heavy atom. The normalized spacial score (nSPS) is 24.3. The molecule has 1 heterocycles. The largest absolute Gasteiger partial charge is 0.378 e. The third kappa shape index (κ3) is 3.03. The lowest BCUT2D eigenvalue weighted by atomic mass is 9.77. The van der Waals surface area contributed by atoms with Crippen LogP contribution in [0.4, 0.5) is 5.69 Å². The third-order valence-corrected chi connectivity index (χ3v) is 6.35. The van der Waals surface area contributed by atoms with Crippen LogP contribution in [0, 0.1) is 5.92 Å². The fourth-order valence-electron chi connectivity index (χ4n) is 3.79. The Hall–Kier alpha value is -1.23. The molecule has 1 aliphatic heterocycles. The van der Waals surface area contributed by atoms with E-state index in [0.29, 0.717) is 17.9 Å². The van der Waals surface area contributed by atoms with Crippen LogP contribution in [0.15, 0.2) is 64.0 Å². The predicted molar refractivity (Wildman–Crippen MR) is 106 cm³/mol. The van der Waals surface area contributed by atoms with Crippen molar-refractivity contribution in [3.63, 3.8) is 0 Å². The molecule has 2 N–H and O–H groups in total. The molecule has 4 heteroatoms. The molecule has 1 aliphatic carbocycles. The maximum atomic E-state index is 3.80. The molecule has 2 aromatic carbocycles. The average molecular weight is 401 g/mol. The second kappa shape index (κ2) is 6.95. The van der Waals surface area contributed by atoms with E-state index in [4.69, 9.17) is 0 Å². The van der Waals surface area contributed by atoms with E-state index >= 15 is 0 Å². The molecule has 124 valence electrons. The molecule has 24 heavy (non-hydrogen) atoms. The fourth-order valence-corrected chi connectivity index (χ4v) is 4.69. The zero-order valence-electron chi connectivity index (χ0n) is 13.6. The first-order valence-electron chi connectivity index (χ1n) is 8.48. The third-order valence-electron chi connectivity index (χ3n) is 4.90. The number of benzene rings is 2. The van der Waals surface area contributed by atoms with Gasteiger partial charge in [-0.05, 0) is 65.7 Å². The molecule has 0 saturated carbocycles. The molecule has 3 atom stereocenters. The Morgan fingerprint density at radius 2 is 2.04 bits per heavy atom. The number of hydrogen-bond acceptors (Lipinski definition) is 3. The van der Waals surface area contributed by atoms with Gasteiger partial charge in [0.05, 0.1) is 6.04 Å². The number of halogens is 1. The van der Waals surface area contributed by atoms with E-state index in [-0.39, 0.29) is 0 Å². The average Bonchev–Trinajstić information content (AvgIpc) is 3.10. The van der Waals surface area contributed by atoms with Crippen molar-refractivity contribution in [1.29, 1.82) is 0 Å². The van der Waals surface area contributed by atoms with E-state index in [9.17, 15) is 0 Å². The van der Waals surface area contributed by atoms with Gasteiger partial charge < -0.3 is 5.32 Å². The topological polar surface area (TPSA) is 24.1 Å². The van der Waals surface area contributed by atoms with Crippen molar-refractivity contribution in [3.05, 3.63) is 70.2 Å². The van der Waals surface area contributed by atoms with Crippen LogP contribution < -0.4 is 10.0 Å². The van der Waals surface area contributed by atoms with Crippen LogP contribution in [-0.4, -0.2) is 6.54 Å². The second-order valence-corrected chi connectivity index (χ2v) is 8.26. The summed E-state index contributed by atoms with van der Waals surface area (Å²) in [6.45, 7) is 3.10. The highest BCUT2D eigenvalue weighted by Crippen LogP contribution is 2.50. The van der Waals surface area contributed by atoms with Gasteiger partial charge in [-0.25, -0.2) is 0 Å². The van der Waals surface area contributed by atoms with Gasteiger partial charge in [0.1, 0.15) is 0 Å². The predicted octanol–water partition coefficient (Wildman–Crippen LogP) is 5.89. The van der Waals surface area contributed by atoms with Crippen molar-refractivity contribution < 1.29 is 0 Å². The van der Waals surface area contributed by atoms with Crippen LogP contribution in [0.3, 0.4) is 0 Å². The van der Waals surface area contributed by atoms with Gasteiger partial charge in [0.15, 0.2) is 0 Å². The molecule has 0 fully saturated rings. The molecule has 2 nitrogen and oxygen atoms in total. The molecule has 3 unspecified atom stereocenters. The summed E-state index contributed by atoms with van der Waals surface area (Å²) in [5, 5.41) is 3.80. The maximum absolute atomic E-state index is 3.80. The minimum atomic E-state index is 0.373. The van der Waals surface area contributed by atoms with Gasteiger partial charge in [-0.3, -0.25) is 4.72 Å². The van der Waals surface area contributed by atoms with Crippen LogP contribution in [0.2, 0.25) is 0 Å². The Balaban J connectivity index is 1.68. The molecule has 0 radical (unpaired) electrons. The lowest BCUT2D eigenvalue weighted by molar-refractivity contribution is 0.425. The number of rotatable bonds is 4. The monoisotopic (exact) mass is 400 g/mol. The standard InChI is InChI=1S/C20H21BrN2S/c1-2-22-24-15-10-11-19-18(12-15)16-4-3-5-17(16)20(23-19)13-6-8-14(21)9-7-13/h3-4,6-12,16-17,20,22-23H,2,5H2,1H3. The molecule has 0 saturated heterocycles. The van der Waals surface area contributed by atoms with Crippen LogP contribution >= 0.6 is 27.9 Å². The molecule has 4 rings (SSSR count). The van der Waals surface area contributed by atoms with Crippen LogP contribution in [0.1, 0.15) is 36.4 Å². The highest BCUT2D eigenvalue weighted by Gasteiger charge is 2.37. The Morgan fingerprint density at radius 3 is 2.83 bits per heavy atom. The van der Waals surface area contributed by atoms with Gasteiger partial charge in [0.2, 0.25) is 0 Å². The van der Waals surface area contributed by atoms with Crippen molar-refractivity contribution in [2.24, 2.45) is 5.92 Å². The van der Waals surface area contributed by atoms with Crippen molar-refractivity contribution in [3.8, 4) is 0 Å². The number of allylic oxidation sites excluding steroid dienone is 2. The maximum Gasteiger partial charge on any atom is 0.0553 e. The summed E-state index contributed by atoms with van der Waals surface area (Å²) < 4.78 is 4.48. The number of hydrogen-bond donors (Lipinski definition) is 2. The van der Waals surface area contributed by atoms with E-state index < -0.39 is 0 Å². The van der Waals surface area contributed by atoms with E-state index in [1.807, 2.05) is 0 Å². The van der Waals surface area contributed by atoms with Crippen molar-refractivity contribution in [1.82, 2.24) is 4.72 Å². The molecule has 0 spiro atoms. The lowest BCUT2D eigenvalue weighted by Gasteiger charge is -2.37. The first-order valence-corrected chi connectivity index (χ1v) is 10.1. The van der Waals surface area contributed by atoms with Gasteiger partial charge in [0, 0.05) is 27.5 Å². The molecular formula is C20H21BrN2S. The van der Waals surface area contributed by atoms with Crippen molar-refractivity contribution in [2.45, 2.75) is 30.2 Å². The van der Waals surface area contributed by atoms with Crippen molar-refractivity contribution in [2.75, 3.05) is 11.9 Å². The summed E-state index contributed by atoms with van der Waals surface area (Å²) in [6.07, 6.45) is 5.89. The van der Waals surface area contributed by atoms with Gasteiger partial charge in [0.25, 0.3) is 0 Å². The molecular weight excluding hydrogens is 380 g/mol. The summed E-state index contributed by atoms with van der Waals surface area (Å²) in [5.41, 5.74) is 4.08. The minimum Gasteiger partial charge on any atom is -0.378 e. The zero-order chi connectivity index (χ0) is 16.5. The van der Waals surface area contributed by atoms with Gasteiger partial charge in [-0.1, -0.05) is 47.1 Å². The van der Waals surface area contributed by atoms with E-state index in [0.717, 1.165) is 17.4 Å². The van der Waals surface area contributed by atoms with E-state index in [1.54, 1.807) is 11.9 Å². The molecule has 2 aromatic rings. The van der Waals surface area contributed by atoms with Crippen LogP contribution in [0.25, 0.3) is 0 Å². The summed E-state index contributed by atoms with van der Waals surface area (Å²) in [7, 11) is 0. The fraction of sp³-hybridized carbons (Fsp3) is 0.300. The zero-order valence-corrected chi connectivity index (χ0v) is 16.0. The lowest BCUT2D eigenvalue weighted by Crippen LogP contribution is -2.29. The van der Waals surface area contributed by atoms with Crippen LogP contribution in [0.5, 0.6) is 0 Å². The molecule has 2 aliphatic rings. The number of nitrogens with one attached hydrogen (secondary N) is 2. The Labute approximate surface area is 156 Å². The van der Waals surface area contributed by atoms with Gasteiger partial charge in [-0.15, -0.1) is 0 Å². The molecule has 0 amide bonds. The smallest absolute Gasteiger partial charge is 0.0553 e. The van der Waals surface area contributed by atoms with E-state index in [1.165, 1.54) is 21.7 Å². The van der Waals surface area contributed by atoms with Crippen LogP contribution in [-0.2, 0) is 0 Å². The highest BCUT2D eigenvalue weighted by atomic mass is 79.9. The molecule has 0 aromatic heterocycles. The summed E-state index contributed by atoms with van der Waals surface area (Å²) in [6, 6.07) is 15.9. The quantitative estimate of drug-likeness (QED) is 0.493. The summed E-state index contributed by atoms with van der Waals surface area (Å²) in [5.74, 6) is 1.11. The first-order chi connectivity index (χ1) is 11.8. The molecule has 0 bridgehead atoms. The number of anilines is 1. The van der Waals surface area contributed by atoms with Gasteiger partial charge in [-0.2, -0.15) is 0 Å². The summed E-state index contributed by atoms with van der Waals surface area (Å²) in [4.78, 5) is 1.29. The Bertz CT molecular complexity index is 757. The second-order valence-electron chi connectivity index (χ2n) is 6.38. The van der Waals surface area contributed by atoms with Gasteiger partial charge >= 0.3 is 0 Å². The minimum absolute atomic E-state index is 0.373. The SMILES string of the molecule is CCNSc1ccc2c(c1)C1C=CCC1C(c1ccc(Br)cc1)N2. The first kappa shape index (κ1) is 16.2.